The molecule has 1 unspecified atom stereocenters. The van der Waals surface area contributed by atoms with Gasteiger partial charge in [-0.2, -0.15) is 0 Å². The summed E-state index contributed by atoms with van der Waals surface area (Å²) in [6.45, 7) is 2.25. The zero-order valence-corrected chi connectivity index (χ0v) is 17.9. The third-order valence-corrected chi connectivity index (χ3v) is 6.29. The Kier molecular flexibility index (Phi) is 5.76. The molecule has 0 saturated heterocycles. The molecule has 3 aromatic rings. The topological polar surface area (TPSA) is 45.2 Å². The quantitative estimate of drug-likeness (QED) is 0.528. The number of aryl methyl sites for hydroxylation is 1. The van der Waals surface area contributed by atoms with Gasteiger partial charge in [0.05, 0.1) is 17.3 Å². The summed E-state index contributed by atoms with van der Waals surface area (Å²) in [7, 11) is 0. The number of aromatic nitrogens is 1. The van der Waals surface area contributed by atoms with E-state index in [4.69, 9.17) is 23.2 Å². The van der Waals surface area contributed by atoms with Crippen LogP contribution in [0.2, 0.25) is 10.0 Å². The molecule has 150 valence electrons. The van der Waals surface area contributed by atoms with Crippen LogP contribution in [0.5, 0.6) is 0 Å². The van der Waals surface area contributed by atoms with Crippen molar-refractivity contribution >= 4 is 51.3 Å². The minimum atomic E-state index is -0.251. The molecule has 1 aliphatic rings. The highest BCUT2D eigenvalue weighted by Crippen LogP contribution is 2.33. The van der Waals surface area contributed by atoms with Crippen LogP contribution in [-0.2, 0) is 11.2 Å². The first-order valence-corrected chi connectivity index (χ1v) is 10.8. The van der Waals surface area contributed by atoms with Crippen molar-refractivity contribution in [2.75, 3.05) is 16.8 Å². The standard InChI is InChI=1S/C21H18Cl2FN3OS/c1-12-2-3-13-8-15(24)5-7-19(13)27(12)10-20(28)26-21-25-18(11-29-21)16-6-4-14(22)9-17(16)23/h4-9,11-12H,2-3,10H2,1H3,(H,25,26,28). The number of nitrogens with one attached hydrogen (secondary N) is 1. The molecule has 4 nitrogen and oxygen atoms in total. The van der Waals surface area contributed by atoms with Crippen LogP contribution < -0.4 is 10.2 Å². The molecule has 0 fully saturated rings. The Hall–Kier alpha value is -2.15. The fraction of sp³-hybridized carbons (Fsp3) is 0.238. The Labute approximate surface area is 182 Å². The molecule has 2 heterocycles. The van der Waals surface area contributed by atoms with Crippen molar-refractivity contribution < 1.29 is 9.18 Å². The first kappa shape index (κ1) is 20.1. The number of rotatable bonds is 4. The number of hydrogen-bond donors (Lipinski definition) is 1. The maximum Gasteiger partial charge on any atom is 0.245 e. The Morgan fingerprint density at radius 3 is 2.93 bits per heavy atom. The largest absolute Gasteiger partial charge is 0.359 e. The predicted molar refractivity (Wildman–Crippen MR) is 118 cm³/mol. The molecular formula is C21H18Cl2FN3OS. The number of carbonyl (C=O) groups excluding carboxylic acids is 1. The number of halogens is 3. The van der Waals surface area contributed by atoms with E-state index in [0.717, 1.165) is 29.7 Å². The van der Waals surface area contributed by atoms with Gasteiger partial charge >= 0.3 is 0 Å². The molecule has 0 spiro atoms. The van der Waals surface area contributed by atoms with Crippen molar-refractivity contribution in [2.24, 2.45) is 0 Å². The first-order valence-electron chi connectivity index (χ1n) is 9.16. The normalized spacial score (nSPS) is 15.9. The fourth-order valence-corrected chi connectivity index (χ4v) is 4.73. The maximum absolute atomic E-state index is 13.5. The molecule has 0 saturated carbocycles. The van der Waals surface area contributed by atoms with Crippen LogP contribution in [-0.4, -0.2) is 23.5 Å². The second-order valence-corrected chi connectivity index (χ2v) is 8.70. The number of anilines is 2. The summed E-state index contributed by atoms with van der Waals surface area (Å²) in [5, 5.41) is 6.26. The first-order chi connectivity index (χ1) is 13.9. The van der Waals surface area contributed by atoms with Crippen LogP contribution in [0, 0.1) is 5.82 Å². The van der Waals surface area contributed by atoms with Crippen LogP contribution in [0.1, 0.15) is 18.9 Å². The summed E-state index contributed by atoms with van der Waals surface area (Å²) in [5.41, 5.74) is 3.28. The molecule has 0 radical (unpaired) electrons. The Morgan fingerprint density at radius 2 is 2.14 bits per heavy atom. The highest BCUT2D eigenvalue weighted by Gasteiger charge is 2.25. The monoisotopic (exact) mass is 449 g/mol. The third-order valence-electron chi connectivity index (χ3n) is 4.99. The lowest BCUT2D eigenvalue weighted by atomic mass is 9.96. The Morgan fingerprint density at radius 1 is 1.31 bits per heavy atom. The lowest BCUT2D eigenvalue weighted by molar-refractivity contribution is -0.115. The SMILES string of the molecule is CC1CCc2cc(F)ccc2N1CC(=O)Nc1nc(-c2ccc(Cl)cc2Cl)cs1. The number of nitrogens with zero attached hydrogens (tertiary/aromatic N) is 2. The second kappa shape index (κ2) is 8.30. The van der Waals surface area contributed by atoms with E-state index in [1.807, 2.05) is 10.3 Å². The number of benzene rings is 2. The lowest BCUT2D eigenvalue weighted by Gasteiger charge is -2.36. The van der Waals surface area contributed by atoms with Crippen molar-refractivity contribution in [3.8, 4) is 11.3 Å². The van der Waals surface area contributed by atoms with Gasteiger partial charge in [0.15, 0.2) is 5.13 Å². The fourth-order valence-electron chi connectivity index (χ4n) is 3.50. The van der Waals surface area contributed by atoms with Crippen molar-refractivity contribution in [1.29, 1.82) is 0 Å². The van der Waals surface area contributed by atoms with Gasteiger partial charge in [0.25, 0.3) is 0 Å². The van der Waals surface area contributed by atoms with Gasteiger partial charge in [-0.15, -0.1) is 11.3 Å². The number of fused-ring (bicyclic) bond motifs is 1. The van der Waals surface area contributed by atoms with Gasteiger partial charge in [0.1, 0.15) is 5.82 Å². The number of hydrogen-bond acceptors (Lipinski definition) is 4. The van der Waals surface area contributed by atoms with Gasteiger partial charge in [0.2, 0.25) is 5.91 Å². The Bertz CT molecular complexity index is 1070. The molecule has 1 aromatic heterocycles. The number of thiazole rings is 1. The van der Waals surface area contributed by atoms with Crippen molar-refractivity contribution in [3.63, 3.8) is 0 Å². The summed E-state index contributed by atoms with van der Waals surface area (Å²) in [6.07, 6.45) is 1.68. The van der Waals surface area contributed by atoms with E-state index in [-0.39, 0.29) is 24.3 Å². The Balaban J connectivity index is 1.48. The summed E-state index contributed by atoms with van der Waals surface area (Å²) in [4.78, 5) is 19.1. The molecule has 1 atom stereocenters. The second-order valence-electron chi connectivity index (χ2n) is 7.00. The van der Waals surface area contributed by atoms with E-state index in [0.29, 0.717) is 20.9 Å². The van der Waals surface area contributed by atoms with Gasteiger partial charge in [-0.25, -0.2) is 9.37 Å². The van der Waals surface area contributed by atoms with Gasteiger partial charge in [-0.3, -0.25) is 4.79 Å². The summed E-state index contributed by atoms with van der Waals surface area (Å²) >= 11 is 13.5. The van der Waals surface area contributed by atoms with Crippen LogP contribution in [0.3, 0.4) is 0 Å². The van der Waals surface area contributed by atoms with Gasteiger partial charge in [0, 0.05) is 27.7 Å². The molecule has 0 bridgehead atoms. The molecule has 1 amide bonds. The summed E-state index contributed by atoms with van der Waals surface area (Å²) in [6, 6.07) is 10.1. The minimum absolute atomic E-state index is 0.169. The highest BCUT2D eigenvalue weighted by atomic mass is 35.5. The molecule has 0 aliphatic carbocycles. The summed E-state index contributed by atoms with van der Waals surface area (Å²) in [5.74, 6) is -0.420. The van der Waals surface area contributed by atoms with Gasteiger partial charge in [-0.1, -0.05) is 23.2 Å². The third kappa shape index (κ3) is 4.39. The van der Waals surface area contributed by atoms with E-state index in [9.17, 15) is 9.18 Å². The average Bonchev–Trinajstić information content (AvgIpc) is 3.12. The van der Waals surface area contributed by atoms with Gasteiger partial charge < -0.3 is 10.2 Å². The molecule has 1 aliphatic heterocycles. The number of amides is 1. The van der Waals surface area contributed by atoms with Crippen LogP contribution in [0.15, 0.2) is 41.8 Å². The highest BCUT2D eigenvalue weighted by molar-refractivity contribution is 7.14. The minimum Gasteiger partial charge on any atom is -0.359 e. The van der Waals surface area contributed by atoms with Crippen molar-refractivity contribution in [1.82, 2.24) is 4.98 Å². The average molecular weight is 450 g/mol. The van der Waals surface area contributed by atoms with Gasteiger partial charge in [-0.05, 0) is 61.7 Å². The van der Waals surface area contributed by atoms with Crippen molar-refractivity contribution in [2.45, 2.75) is 25.8 Å². The molecule has 8 heteroatoms. The molecule has 4 rings (SSSR count). The van der Waals surface area contributed by atoms with E-state index >= 15 is 0 Å². The van der Waals surface area contributed by atoms with E-state index < -0.39 is 0 Å². The molecule has 2 aromatic carbocycles. The smallest absolute Gasteiger partial charge is 0.245 e. The zero-order valence-electron chi connectivity index (χ0n) is 15.6. The number of carbonyl (C=O) groups is 1. The van der Waals surface area contributed by atoms with E-state index in [1.165, 1.54) is 17.4 Å². The van der Waals surface area contributed by atoms with Crippen LogP contribution in [0.25, 0.3) is 11.3 Å². The maximum atomic E-state index is 13.5. The van der Waals surface area contributed by atoms with E-state index in [1.54, 1.807) is 30.3 Å². The molecule has 1 N–H and O–H groups in total. The predicted octanol–water partition coefficient (Wildman–Crippen LogP) is 6.04. The summed E-state index contributed by atoms with van der Waals surface area (Å²) < 4.78 is 13.5. The van der Waals surface area contributed by atoms with Crippen molar-refractivity contribution in [3.05, 3.63) is 63.2 Å². The molecule has 29 heavy (non-hydrogen) atoms. The van der Waals surface area contributed by atoms with Crippen LogP contribution in [0.4, 0.5) is 15.2 Å². The van der Waals surface area contributed by atoms with Crippen LogP contribution >= 0.6 is 34.5 Å². The zero-order chi connectivity index (χ0) is 20.5. The molecular weight excluding hydrogens is 432 g/mol. The lowest BCUT2D eigenvalue weighted by Crippen LogP contribution is -2.42. The van der Waals surface area contributed by atoms with E-state index in [2.05, 4.69) is 17.2 Å².